The van der Waals surface area contributed by atoms with Crippen LogP contribution in [0.1, 0.15) is 69.3 Å². The summed E-state index contributed by atoms with van der Waals surface area (Å²) in [5.41, 5.74) is 10.7. The van der Waals surface area contributed by atoms with Crippen molar-refractivity contribution in [2.45, 2.75) is 78.4 Å². The van der Waals surface area contributed by atoms with Gasteiger partial charge in [0.1, 0.15) is 0 Å². The summed E-state index contributed by atoms with van der Waals surface area (Å²) in [6.07, 6.45) is 5.04. The number of rotatable bonds is 6. The van der Waals surface area contributed by atoms with Crippen LogP contribution >= 0.6 is 23.2 Å². The molecule has 3 aromatic rings. The first-order chi connectivity index (χ1) is 17.8. The van der Waals surface area contributed by atoms with Crippen LogP contribution < -0.4 is 16.4 Å². The molecule has 1 aliphatic rings. The van der Waals surface area contributed by atoms with Crippen LogP contribution in [0.15, 0.2) is 36.5 Å². The fraction of sp³-hybridized carbons (Fsp3) is 0.433. The molecule has 0 unspecified atom stereocenters. The zero-order chi connectivity index (χ0) is 27.8. The van der Waals surface area contributed by atoms with Crippen LogP contribution in [0.4, 0.5) is 5.69 Å². The van der Waals surface area contributed by atoms with E-state index in [-0.39, 0.29) is 29.2 Å². The van der Waals surface area contributed by atoms with Crippen molar-refractivity contribution < 1.29 is 9.59 Å². The lowest BCUT2D eigenvalue weighted by Crippen LogP contribution is -2.52. The van der Waals surface area contributed by atoms with Crippen molar-refractivity contribution >= 4 is 51.5 Å². The molecule has 1 aliphatic carbocycles. The van der Waals surface area contributed by atoms with E-state index in [4.69, 9.17) is 28.9 Å². The van der Waals surface area contributed by atoms with Gasteiger partial charge in [0.05, 0.1) is 22.8 Å². The number of amides is 1. The van der Waals surface area contributed by atoms with Crippen LogP contribution in [0.2, 0.25) is 10.0 Å². The van der Waals surface area contributed by atoms with Gasteiger partial charge in [0.15, 0.2) is 5.78 Å². The Morgan fingerprint density at radius 2 is 1.61 bits per heavy atom. The van der Waals surface area contributed by atoms with Gasteiger partial charge in [0.25, 0.3) is 0 Å². The molecule has 2 aromatic carbocycles. The number of ketones is 1. The molecule has 1 atom stereocenters. The monoisotopic (exact) mass is 554 g/mol. The first kappa shape index (κ1) is 28.3. The second kappa shape index (κ2) is 11.2. The lowest BCUT2D eigenvalue weighted by atomic mass is 9.85. The normalized spacial score (nSPS) is 18.7. The minimum atomic E-state index is -0.549. The summed E-state index contributed by atoms with van der Waals surface area (Å²) in [6, 6.07) is 9.49. The summed E-state index contributed by atoms with van der Waals surface area (Å²) in [6.45, 7) is 9.35. The Hall–Kier alpha value is -2.67. The van der Waals surface area contributed by atoms with Gasteiger partial charge < -0.3 is 16.4 Å². The summed E-state index contributed by atoms with van der Waals surface area (Å²) in [5, 5.41) is 8.87. The third-order valence-electron chi connectivity index (χ3n) is 7.50. The number of hydrogen-bond acceptors (Lipinski definition) is 5. The van der Waals surface area contributed by atoms with Crippen LogP contribution in [0.3, 0.4) is 0 Å². The van der Waals surface area contributed by atoms with Crippen molar-refractivity contribution in [3.05, 3.63) is 57.7 Å². The number of aromatic nitrogens is 1. The molecular weight excluding hydrogens is 519 g/mol. The predicted molar refractivity (Wildman–Crippen MR) is 157 cm³/mol. The molecule has 0 bridgehead atoms. The second-order valence-electron chi connectivity index (χ2n) is 11.4. The maximum absolute atomic E-state index is 12.6. The van der Waals surface area contributed by atoms with E-state index in [0.29, 0.717) is 15.6 Å². The van der Waals surface area contributed by atoms with Gasteiger partial charge in [0, 0.05) is 33.7 Å². The fourth-order valence-electron chi connectivity index (χ4n) is 4.88. The average Bonchev–Trinajstić information content (AvgIpc) is 2.86. The van der Waals surface area contributed by atoms with Crippen LogP contribution in [0, 0.1) is 12.3 Å². The SMILES string of the molecule is CC(=O)c1cnc2ccc(-c3cc(Cl)c(C)c(Cl)c3)cc2c1NC1CCC(NC(=O)[C@@H](N)C(C)(C)C)CC1. The van der Waals surface area contributed by atoms with Crippen LogP contribution in [0.25, 0.3) is 22.0 Å². The molecule has 38 heavy (non-hydrogen) atoms. The minimum Gasteiger partial charge on any atom is -0.381 e. The second-order valence-corrected chi connectivity index (χ2v) is 12.3. The Morgan fingerprint density at radius 1 is 1.00 bits per heavy atom. The lowest BCUT2D eigenvalue weighted by Gasteiger charge is -2.33. The van der Waals surface area contributed by atoms with Crippen molar-refractivity contribution in [2.75, 3.05) is 5.32 Å². The summed E-state index contributed by atoms with van der Waals surface area (Å²) in [5.74, 6) is -0.150. The van der Waals surface area contributed by atoms with Gasteiger partial charge in [0.2, 0.25) is 5.91 Å². The Bertz CT molecular complexity index is 1350. The van der Waals surface area contributed by atoms with E-state index in [1.54, 1.807) is 13.1 Å². The Morgan fingerprint density at radius 3 is 2.18 bits per heavy atom. The number of nitrogens with zero attached hydrogens (tertiary/aromatic N) is 1. The molecule has 1 fully saturated rings. The molecule has 0 spiro atoms. The highest BCUT2D eigenvalue weighted by molar-refractivity contribution is 6.36. The third-order valence-corrected chi connectivity index (χ3v) is 8.28. The zero-order valence-corrected chi connectivity index (χ0v) is 24.1. The fourth-order valence-corrected chi connectivity index (χ4v) is 5.36. The maximum Gasteiger partial charge on any atom is 0.237 e. The van der Waals surface area contributed by atoms with Gasteiger partial charge in [-0.15, -0.1) is 0 Å². The van der Waals surface area contributed by atoms with Crippen molar-refractivity contribution in [3.8, 4) is 11.1 Å². The van der Waals surface area contributed by atoms with E-state index in [1.165, 1.54) is 0 Å². The number of fused-ring (bicyclic) bond motifs is 1. The molecule has 1 heterocycles. The molecule has 8 heteroatoms. The number of nitrogens with one attached hydrogen (secondary N) is 2. The summed E-state index contributed by atoms with van der Waals surface area (Å²) >= 11 is 12.8. The molecule has 6 nitrogen and oxygen atoms in total. The maximum atomic E-state index is 12.6. The molecule has 1 amide bonds. The van der Waals surface area contributed by atoms with E-state index in [0.717, 1.165) is 59.0 Å². The zero-order valence-electron chi connectivity index (χ0n) is 22.6. The molecule has 0 saturated heterocycles. The number of halogens is 2. The molecule has 202 valence electrons. The van der Waals surface area contributed by atoms with E-state index in [9.17, 15) is 9.59 Å². The van der Waals surface area contributed by atoms with Crippen molar-refractivity contribution in [1.82, 2.24) is 10.3 Å². The van der Waals surface area contributed by atoms with E-state index < -0.39 is 6.04 Å². The van der Waals surface area contributed by atoms with Gasteiger partial charge in [-0.1, -0.05) is 50.0 Å². The van der Waals surface area contributed by atoms with Gasteiger partial charge in [-0.2, -0.15) is 0 Å². The molecule has 1 aromatic heterocycles. The highest BCUT2D eigenvalue weighted by Crippen LogP contribution is 2.36. The Balaban J connectivity index is 1.58. The third kappa shape index (κ3) is 6.14. The predicted octanol–water partition coefficient (Wildman–Crippen LogP) is 6.93. The van der Waals surface area contributed by atoms with Gasteiger partial charge in [-0.3, -0.25) is 14.6 Å². The van der Waals surface area contributed by atoms with E-state index in [2.05, 4.69) is 15.6 Å². The number of pyridine rings is 1. The van der Waals surface area contributed by atoms with Gasteiger partial charge >= 0.3 is 0 Å². The van der Waals surface area contributed by atoms with Crippen molar-refractivity contribution in [3.63, 3.8) is 0 Å². The highest BCUT2D eigenvalue weighted by atomic mass is 35.5. The standard InChI is InChI=1S/C30H36Cl2N4O2/c1-16-24(31)13-19(14-25(16)32)18-6-11-26-22(12-18)27(23(15-34-26)17(2)37)35-20-7-9-21(10-8-20)36-29(38)28(33)30(3,4)5/h6,11-15,20-21,28H,7-10,33H2,1-5H3,(H,34,35)(H,36,38)/t20?,21?,28-/m1/s1. The van der Waals surface area contributed by atoms with E-state index >= 15 is 0 Å². The van der Waals surface area contributed by atoms with Crippen LogP contribution in [-0.2, 0) is 4.79 Å². The van der Waals surface area contributed by atoms with Gasteiger partial charge in [-0.05, 0) is 85.9 Å². The van der Waals surface area contributed by atoms with Crippen molar-refractivity contribution in [2.24, 2.45) is 11.1 Å². The molecule has 4 N–H and O–H groups in total. The van der Waals surface area contributed by atoms with Crippen LogP contribution in [-0.4, -0.2) is 34.8 Å². The first-order valence-electron chi connectivity index (χ1n) is 13.1. The summed E-state index contributed by atoms with van der Waals surface area (Å²) in [7, 11) is 0. The number of carbonyl (C=O) groups is 2. The minimum absolute atomic E-state index is 0.0501. The molecular formula is C30H36Cl2N4O2. The lowest BCUT2D eigenvalue weighted by molar-refractivity contribution is -0.125. The van der Waals surface area contributed by atoms with Crippen LogP contribution in [0.5, 0.6) is 0 Å². The van der Waals surface area contributed by atoms with E-state index in [1.807, 2.05) is 58.0 Å². The quantitative estimate of drug-likeness (QED) is 0.287. The number of anilines is 1. The van der Waals surface area contributed by atoms with Crippen molar-refractivity contribution in [1.29, 1.82) is 0 Å². The summed E-state index contributed by atoms with van der Waals surface area (Å²) in [4.78, 5) is 29.7. The van der Waals surface area contributed by atoms with Gasteiger partial charge in [-0.25, -0.2) is 0 Å². The topological polar surface area (TPSA) is 97.1 Å². The number of Topliss-reactive ketones (excluding diaryl/α,β-unsaturated/α-hetero) is 1. The smallest absolute Gasteiger partial charge is 0.237 e. The molecule has 4 rings (SSSR count). The number of hydrogen-bond donors (Lipinski definition) is 3. The average molecular weight is 556 g/mol. The number of carbonyl (C=O) groups excluding carboxylic acids is 2. The first-order valence-corrected chi connectivity index (χ1v) is 13.8. The largest absolute Gasteiger partial charge is 0.381 e. The summed E-state index contributed by atoms with van der Waals surface area (Å²) < 4.78 is 0. The molecule has 1 saturated carbocycles. The number of benzene rings is 2. The number of nitrogens with two attached hydrogens (primary N) is 1. The Kier molecular flexibility index (Phi) is 8.36. The molecule has 0 radical (unpaired) electrons. The highest BCUT2D eigenvalue weighted by Gasteiger charge is 2.30. The Labute approximate surface area is 234 Å². The molecule has 0 aliphatic heterocycles.